The molecule has 0 aliphatic carbocycles. The molecule has 1 heterocycles. The largest absolute Gasteiger partial charge is 0.349 e. The molecule has 1 aromatic rings. The molecular weight excluding hydrogens is 254 g/mol. The zero-order chi connectivity index (χ0) is 13.9. The molecule has 0 bridgehead atoms. The van der Waals surface area contributed by atoms with Crippen LogP contribution in [-0.4, -0.2) is 34.5 Å². The number of hydrogen-bond donors (Lipinski definition) is 0. The third-order valence-electron chi connectivity index (χ3n) is 2.57. The van der Waals surface area contributed by atoms with Crippen molar-refractivity contribution in [1.29, 1.82) is 0 Å². The molecule has 0 N–H and O–H groups in total. The molecule has 1 amide bonds. The minimum Gasteiger partial charge on any atom is -0.349 e. The van der Waals surface area contributed by atoms with Gasteiger partial charge in [0.15, 0.2) is 0 Å². The lowest BCUT2D eigenvalue weighted by molar-refractivity contribution is -0.128. The van der Waals surface area contributed by atoms with E-state index in [-0.39, 0.29) is 29.0 Å². The van der Waals surface area contributed by atoms with Crippen LogP contribution in [0.1, 0.15) is 32.0 Å². The van der Waals surface area contributed by atoms with Crippen molar-refractivity contribution < 1.29 is 4.79 Å². The molecule has 100 valence electrons. The molecule has 0 radical (unpaired) electrons. The zero-order valence-electron chi connectivity index (χ0n) is 11.1. The molecule has 0 spiro atoms. The first-order valence-electron chi connectivity index (χ1n) is 5.80. The third kappa shape index (κ3) is 3.57. The Morgan fingerprint density at radius 2 is 2.11 bits per heavy atom. The normalized spacial score (nSPS) is 10.8. The van der Waals surface area contributed by atoms with Crippen LogP contribution in [-0.2, 0) is 11.3 Å². The number of carbonyl (C=O) groups excluding carboxylic acids is 1. The summed E-state index contributed by atoms with van der Waals surface area (Å²) < 4.78 is 1.51. The van der Waals surface area contributed by atoms with Gasteiger partial charge in [0.25, 0.3) is 5.56 Å². The highest BCUT2D eigenvalue weighted by atomic mass is 35.5. The van der Waals surface area contributed by atoms with Crippen molar-refractivity contribution in [2.45, 2.75) is 32.7 Å². The van der Waals surface area contributed by atoms with E-state index in [0.29, 0.717) is 12.4 Å². The molecule has 18 heavy (non-hydrogen) atoms. The number of nitrogens with zero attached hydrogens (tertiary/aromatic N) is 3. The fraction of sp³-hybridized carbons (Fsp3) is 0.583. The Morgan fingerprint density at radius 3 is 2.61 bits per heavy atom. The van der Waals surface area contributed by atoms with Crippen LogP contribution < -0.4 is 5.56 Å². The van der Waals surface area contributed by atoms with E-state index in [2.05, 4.69) is 4.98 Å². The maximum atomic E-state index is 11.9. The van der Waals surface area contributed by atoms with E-state index in [9.17, 15) is 9.59 Å². The van der Waals surface area contributed by atoms with E-state index in [1.54, 1.807) is 14.1 Å². The van der Waals surface area contributed by atoms with Crippen molar-refractivity contribution in [3.63, 3.8) is 0 Å². The van der Waals surface area contributed by atoms with Gasteiger partial charge in [0, 0.05) is 39.0 Å². The Labute approximate surface area is 111 Å². The highest BCUT2D eigenvalue weighted by Gasteiger charge is 2.13. The number of aromatic nitrogens is 2. The van der Waals surface area contributed by atoms with Crippen LogP contribution in [0.5, 0.6) is 0 Å². The molecule has 0 saturated carbocycles. The summed E-state index contributed by atoms with van der Waals surface area (Å²) >= 11 is 5.78. The zero-order valence-corrected chi connectivity index (χ0v) is 11.9. The monoisotopic (exact) mass is 271 g/mol. The maximum absolute atomic E-state index is 11.9. The van der Waals surface area contributed by atoms with Crippen molar-refractivity contribution in [2.24, 2.45) is 0 Å². The Bertz CT molecular complexity index is 495. The van der Waals surface area contributed by atoms with Gasteiger partial charge in [0.05, 0.1) is 0 Å². The molecule has 0 atom stereocenters. The summed E-state index contributed by atoms with van der Waals surface area (Å²) in [6, 6.07) is 1.27. The van der Waals surface area contributed by atoms with Crippen LogP contribution in [0.2, 0.25) is 5.15 Å². The van der Waals surface area contributed by atoms with Crippen molar-refractivity contribution in [3.8, 4) is 0 Å². The van der Waals surface area contributed by atoms with E-state index in [4.69, 9.17) is 11.6 Å². The first kappa shape index (κ1) is 14.7. The molecule has 0 aromatic carbocycles. The number of halogens is 1. The predicted molar refractivity (Wildman–Crippen MR) is 70.9 cm³/mol. The lowest BCUT2D eigenvalue weighted by atomic mass is 10.2. The van der Waals surface area contributed by atoms with Crippen molar-refractivity contribution in [1.82, 2.24) is 14.5 Å². The summed E-state index contributed by atoms with van der Waals surface area (Å²) in [5.74, 6) is 0.663. The first-order chi connectivity index (χ1) is 8.32. The van der Waals surface area contributed by atoms with E-state index in [1.165, 1.54) is 15.5 Å². The van der Waals surface area contributed by atoms with Crippen molar-refractivity contribution in [2.75, 3.05) is 14.1 Å². The van der Waals surface area contributed by atoms with Crippen LogP contribution >= 0.6 is 11.6 Å². The van der Waals surface area contributed by atoms with Crippen molar-refractivity contribution >= 4 is 17.5 Å². The summed E-state index contributed by atoms with van der Waals surface area (Å²) in [7, 11) is 3.38. The quantitative estimate of drug-likeness (QED) is 0.780. The van der Waals surface area contributed by atoms with Gasteiger partial charge in [-0.3, -0.25) is 14.2 Å². The van der Waals surface area contributed by atoms with Crippen LogP contribution in [0.4, 0.5) is 0 Å². The average Bonchev–Trinajstić information content (AvgIpc) is 2.26. The molecule has 0 aliphatic heterocycles. The van der Waals surface area contributed by atoms with Crippen molar-refractivity contribution in [3.05, 3.63) is 27.4 Å². The van der Waals surface area contributed by atoms with E-state index >= 15 is 0 Å². The lowest BCUT2D eigenvalue weighted by Gasteiger charge is -2.15. The van der Waals surface area contributed by atoms with Gasteiger partial charge in [-0.15, -0.1) is 0 Å². The van der Waals surface area contributed by atoms with E-state index < -0.39 is 0 Å². The van der Waals surface area contributed by atoms with Gasteiger partial charge in [-0.2, -0.15) is 0 Å². The minimum absolute atomic E-state index is 0.0217. The molecule has 0 unspecified atom stereocenters. The van der Waals surface area contributed by atoms with Gasteiger partial charge in [-0.25, -0.2) is 4.98 Å². The van der Waals surface area contributed by atoms with Gasteiger partial charge in [-0.1, -0.05) is 25.4 Å². The van der Waals surface area contributed by atoms with Gasteiger partial charge in [0.2, 0.25) is 5.91 Å². The summed E-state index contributed by atoms with van der Waals surface area (Å²) in [4.78, 5) is 29.1. The van der Waals surface area contributed by atoms with Crippen LogP contribution in [0.15, 0.2) is 10.9 Å². The fourth-order valence-corrected chi connectivity index (χ4v) is 1.77. The second kappa shape index (κ2) is 6.00. The Morgan fingerprint density at radius 1 is 1.50 bits per heavy atom. The highest BCUT2D eigenvalue weighted by molar-refractivity contribution is 6.29. The molecule has 1 rings (SSSR count). The van der Waals surface area contributed by atoms with Gasteiger partial charge < -0.3 is 4.90 Å². The van der Waals surface area contributed by atoms with Crippen LogP contribution in [0.3, 0.4) is 0 Å². The second-order valence-corrected chi connectivity index (χ2v) is 5.01. The van der Waals surface area contributed by atoms with Gasteiger partial charge >= 0.3 is 0 Å². The molecule has 0 aliphatic rings. The third-order valence-corrected chi connectivity index (χ3v) is 2.76. The number of hydrogen-bond acceptors (Lipinski definition) is 3. The molecule has 5 nitrogen and oxygen atoms in total. The Hall–Kier alpha value is -1.36. The average molecular weight is 272 g/mol. The van der Waals surface area contributed by atoms with Gasteiger partial charge in [-0.05, 0) is 0 Å². The number of carbonyl (C=O) groups is 1. The number of amides is 1. The molecular formula is C12H18ClN3O2. The summed E-state index contributed by atoms with van der Waals surface area (Å²) in [5, 5.41) is 0.193. The maximum Gasteiger partial charge on any atom is 0.255 e. The Kier molecular flexibility index (Phi) is 4.90. The van der Waals surface area contributed by atoms with Crippen LogP contribution in [0.25, 0.3) is 0 Å². The molecule has 1 aromatic heterocycles. The van der Waals surface area contributed by atoms with E-state index in [0.717, 1.165) is 0 Å². The molecule has 0 fully saturated rings. The molecule has 0 saturated heterocycles. The minimum atomic E-state index is -0.217. The lowest BCUT2D eigenvalue weighted by Crippen LogP contribution is -2.29. The SMILES string of the molecule is CC(C)c1nc(Cl)cc(=O)n1CCC(=O)N(C)C. The highest BCUT2D eigenvalue weighted by Crippen LogP contribution is 2.13. The smallest absolute Gasteiger partial charge is 0.255 e. The van der Waals surface area contributed by atoms with Crippen LogP contribution in [0, 0.1) is 0 Å². The number of rotatable bonds is 4. The van der Waals surface area contributed by atoms with E-state index in [1.807, 2.05) is 13.8 Å². The second-order valence-electron chi connectivity index (χ2n) is 4.62. The first-order valence-corrected chi connectivity index (χ1v) is 6.18. The summed E-state index contributed by atoms with van der Waals surface area (Å²) in [5.41, 5.74) is -0.217. The predicted octanol–water partition coefficient (Wildman–Crippen LogP) is 1.50. The fourth-order valence-electron chi connectivity index (χ4n) is 1.59. The Balaban J connectivity index is 3.01. The van der Waals surface area contributed by atoms with Gasteiger partial charge in [0.1, 0.15) is 11.0 Å². The summed E-state index contributed by atoms with van der Waals surface area (Å²) in [6.45, 7) is 4.19. The topological polar surface area (TPSA) is 55.2 Å². The molecule has 6 heteroatoms. The standard InChI is InChI=1S/C12H18ClN3O2/c1-8(2)12-14-9(13)7-11(18)16(12)6-5-10(17)15(3)4/h7-8H,5-6H2,1-4H3. The summed E-state index contributed by atoms with van der Waals surface area (Å²) in [6.07, 6.45) is 0.274.